The summed E-state index contributed by atoms with van der Waals surface area (Å²) in [6, 6.07) is 79.1. The molecule has 59 heavy (non-hydrogen) atoms. The Morgan fingerprint density at radius 1 is 0.271 bits per heavy atom. The Hall–Kier alpha value is -7.22. The van der Waals surface area contributed by atoms with E-state index in [4.69, 9.17) is 0 Å². The van der Waals surface area contributed by atoms with Crippen LogP contribution in [0.5, 0.6) is 0 Å². The van der Waals surface area contributed by atoms with Gasteiger partial charge in [0.1, 0.15) is 0 Å². The van der Waals surface area contributed by atoms with E-state index in [2.05, 4.69) is 231 Å². The Labute approximate surface area is 346 Å². The molecular weight excluding hydrogens is 711 g/mol. The van der Waals surface area contributed by atoms with Crippen molar-refractivity contribution in [1.29, 1.82) is 0 Å². The molecule has 1 nitrogen and oxygen atoms in total. The minimum absolute atomic E-state index is 0.115. The van der Waals surface area contributed by atoms with Crippen molar-refractivity contribution in [1.82, 2.24) is 0 Å². The van der Waals surface area contributed by atoms with Gasteiger partial charge in [-0.1, -0.05) is 190 Å². The van der Waals surface area contributed by atoms with Crippen LogP contribution in [0, 0.1) is 0 Å². The summed E-state index contributed by atoms with van der Waals surface area (Å²) in [5, 5.41) is 0. The lowest BCUT2D eigenvalue weighted by molar-refractivity contribution is 0.660. The lowest BCUT2D eigenvalue weighted by atomic mass is 9.70. The summed E-state index contributed by atoms with van der Waals surface area (Å²) in [5.74, 6) is 0. The van der Waals surface area contributed by atoms with E-state index in [0.717, 1.165) is 17.1 Å². The number of hydrogen-bond donors (Lipinski definition) is 0. The van der Waals surface area contributed by atoms with Crippen molar-refractivity contribution >= 4 is 17.1 Å². The monoisotopic (exact) mass is 751 g/mol. The third-order valence-electron chi connectivity index (χ3n) is 13.5. The number of fused-ring (bicyclic) bond motifs is 13. The SMILES string of the molecule is CC1(C)c2ccccc2-c2ccc(N(c3ccc(-c4ccc(-c5ccccc5)cc4)cc3)c3ccc4c(c3)-c3ccccc3C43c4ccccc4-c4ccccc43)cc21. The van der Waals surface area contributed by atoms with Crippen molar-refractivity contribution in [3.63, 3.8) is 0 Å². The second kappa shape index (κ2) is 12.6. The third kappa shape index (κ3) is 4.79. The lowest BCUT2D eigenvalue weighted by Crippen LogP contribution is -2.25. The first-order valence-corrected chi connectivity index (χ1v) is 20.8. The van der Waals surface area contributed by atoms with Gasteiger partial charge in [-0.15, -0.1) is 0 Å². The maximum absolute atomic E-state index is 2.46. The van der Waals surface area contributed by atoms with Crippen LogP contribution in [0.2, 0.25) is 0 Å². The van der Waals surface area contributed by atoms with Crippen molar-refractivity contribution in [2.75, 3.05) is 4.90 Å². The Kier molecular flexibility index (Phi) is 7.26. The molecule has 12 rings (SSSR count). The second-order valence-electron chi connectivity index (χ2n) is 16.8. The summed E-state index contributed by atoms with van der Waals surface area (Å²) in [5.41, 5.74) is 23.9. The van der Waals surface area contributed by atoms with Crippen LogP contribution < -0.4 is 4.90 Å². The van der Waals surface area contributed by atoms with Gasteiger partial charge in [-0.2, -0.15) is 0 Å². The zero-order valence-electron chi connectivity index (χ0n) is 33.2. The molecule has 0 saturated carbocycles. The number of hydrogen-bond acceptors (Lipinski definition) is 1. The fourth-order valence-electron chi connectivity index (χ4n) is 10.8. The molecule has 0 heterocycles. The molecule has 3 aliphatic carbocycles. The van der Waals surface area contributed by atoms with E-state index >= 15 is 0 Å². The van der Waals surface area contributed by atoms with Crippen molar-refractivity contribution in [3.05, 3.63) is 246 Å². The molecule has 0 unspecified atom stereocenters. The smallest absolute Gasteiger partial charge is 0.0725 e. The molecule has 0 bridgehead atoms. The predicted octanol–water partition coefficient (Wildman–Crippen LogP) is 15.1. The normalized spacial score (nSPS) is 14.2. The van der Waals surface area contributed by atoms with Gasteiger partial charge in [-0.05, 0) is 125 Å². The van der Waals surface area contributed by atoms with E-state index in [-0.39, 0.29) is 10.8 Å². The number of rotatable bonds is 5. The highest BCUT2D eigenvalue weighted by Gasteiger charge is 2.51. The van der Waals surface area contributed by atoms with E-state index in [9.17, 15) is 0 Å². The molecule has 0 amide bonds. The van der Waals surface area contributed by atoms with E-state index in [0.29, 0.717) is 0 Å². The largest absolute Gasteiger partial charge is 0.310 e. The molecule has 9 aromatic rings. The molecule has 9 aromatic carbocycles. The Morgan fingerprint density at radius 3 is 1.22 bits per heavy atom. The van der Waals surface area contributed by atoms with Crippen LogP contribution in [-0.4, -0.2) is 0 Å². The first-order valence-electron chi connectivity index (χ1n) is 20.8. The molecule has 1 heteroatoms. The summed E-state index contributed by atoms with van der Waals surface area (Å²) in [4.78, 5) is 2.46. The van der Waals surface area contributed by atoms with Gasteiger partial charge >= 0.3 is 0 Å². The van der Waals surface area contributed by atoms with E-state index in [1.165, 1.54) is 89.0 Å². The minimum atomic E-state index is -0.371. The van der Waals surface area contributed by atoms with E-state index in [1.54, 1.807) is 0 Å². The van der Waals surface area contributed by atoms with Gasteiger partial charge in [-0.3, -0.25) is 0 Å². The Morgan fingerprint density at radius 2 is 0.644 bits per heavy atom. The van der Waals surface area contributed by atoms with Crippen LogP contribution in [0.3, 0.4) is 0 Å². The highest BCUT2D eigenvalue weighted by Crippen LogP contribution is 2.63. The molecule has 0 aromatic heterocycles. The molecule has 0 radical (unpaired) electrons. The molecule has 0 fully saturated rings. The summed E-state index contributed by atoms with van der Waals surface area (Å²) in [6.45, 7) is 4.74. The van der Waals surface area contributed by atoms with Gasteiger partial charge in [-0.25, -0.2) is 0 Å². The zero-order valence-corrected chi connectivity index (χ0v) is 33.2. The summed E-state index contributed by atoms with van der Waals surface area (Å²) in [7, 11) is 0. The molecule has 0 atom stereocenters. The van der Waals surface area contributed by atoms with Crippen molar-refractivity contribution < 1.29 is 0 Å². The van der Waals surface area contributed by atoms with Crippen LogP contribution >= 0.6 is 0 Å². The van der Waals surface area contributed by atoms with E-state index < -0.39 is 0 Å². The average molecular weight is 752 g/mol. The maximum atomic E-state index is 2.46. The molecular formula is C58H41N. The highest BCUT2D eigenvalue weighted by atomic mass is 15.1. The van der Waals surface area contributed by atoms with Gasteiger partial charge in [0.2, 0.25) is 0 Å². The van der Waals surface area contributed by atoms with Gasteiger partial charge in [0.15, 0.2) is 0 Å². The van der Waals surface area contributed by atoms with Crippen molar-refractivity contribution in [2.45, 2.75) is 24.7 Å². The first kappa shape index (κ1) is 33.9. The molecule has 0 aliphatic heterocycles. The minimum Gasteiger partial charge on any atom is -0.310 e. The first-order chi connectivity index (χ1) is 29.0. The summed E-state index contributed by atoms with van der Waals surface area (Å²) >= 11 is 0. The predicted molar refractivity (Wildman–Crippen MR) is 246 cm³/mol. The standard InChI is InChI=1S/C58H41N/c1-57(2)51-20-10-6-16-45(51)49-34-32-44(37-56(49)57)59(42-30-28-41(29-31-42)40-26-24-39(25-27-40)38-14-4-3-5-15-38)43-33-35-55-50(36-43)48-19-9-13-23-54(48)58(55)52-21-11-7-17-46(52)47-18-8-12-22-53(47)58/h3-37H,1-2H3. The van der Waals surface area contributed by atoms with Gasteiger partial charge in [0.05, 0.1) is 5.41 Å². The van der Waals surface area contributed by atoms with Crippen LogP contribution in [0.4, 0.5) is 17.1 Å². The lowest BCUT2D eigenvalue weighted by Gasteiger charge is -2.31. The zero-order chi connectivity index (χ0) is 39.3. The van der Waals surface area contributed by atoms with Crippen LogP contribution in [-0.2, 0) is 10.8 Å². The number of nitrogens with zero attached hydrogens (tertiary/aromatic N) is 1. The van der Waals surface area contributed by atoms with E-state index in [1.807, 2.05) is 0 Å². The average Bonchev–Trinajstić information content (AvgIpc) is 3.85. The second-order valence-corrected chi connectivity index (χ2v) is 16.8. The molecule has 3 aliphatic rings. The quantitative estimate of drug-likeness (QED) is 0.169. The Balaban J connectivity index is 1.02. The highest BCUT2D eigenvalue weighted by molar-refractivity contribution is 5.97. The number of benzene rings is 9. The Bertz CT molecular complexity index is 3070. The van der Waals surface area contributed by atoms with Crippen molar-refractivity contribution in [3.8, 4) is 55.6 Å². The fourth-order valence-corrected chi connectivity index (χ4v) is 10.8. The number of anilines is 3. The van der Waals surface area contributed by atoms with Crippen LogP contribution in [0.25, 0.3) is 55.6 Å². The van der Waals surface area contributed by atoms with Gasteiger partial charge in [0, 0.05) is 22.5 Å². The third-order valence-corrected chi connectivity index (χ3v) is 13.5. The maximum Gasteiger partial charge on any atom is 0.0725 e. The molecule has 0 N–H and O–H groups in total. The molecule has 278 valence electrons. The van der Waals surface area contributed by atoms with Crippen LogP contribution in [0.1, 0.15) is 47.2 Å². The topological polar surface area (TPSA) is 3.24 Å². The molecule has 1 spiro atoms. The molecule has 0 saturated heterocycles. The van der Waals surface area contributed by atoms with Gasteiger partial charge in [0.25, 0.3) is 0 Å². The summed E-state index contributed by atoms with van der Waals surface area (Å²) < 4.78 is 0. The summed E-state index contributed by atoms with van der Waals surface area (Å²) in [6.07, 6.45) is 0. The van der Waals surface area contributed by atoms with Gasteiger partial charge < -0.3 is 4.90 Å². The fraction of sp³-hybridized carbons (Fsp3) is 0.0690. The van der Waals surface area contributed by atoms with Crippen LogP contribution in [0.15, 0.2) is 212 Å². The van der Waals surface area contributed by atoms with Crippen molar-refractivity contribution in [2.24, 2.45) is 0 Å².